The van der Waals surface area contributed by atoms with Crippen molar-refractivity contribution >= 4 is 22.6 Å². The largest absolute Gasteiger partial charge is 0.493 e. The minimum Gasteiger partial charge on any atom is -0.493 e. The maximum atomic E-state index is 12.2. The van der Waals surface area contributed by atoms with Crippen molar-refractivity contribution in [2.45, 2.75) is 6.54 Å². The number of hydrogen-bond acceptors (Lipinski definition) is 5. The molecule has 0 unspecified atom stereocenters. The molecule has 7 heteroatoms. The number of aromatic nitrogens is 1. The van der Waals surface area contributed by atoms with Crippen LogP contribution in [0.1, 0.15) is 15.9 Å². The number of carboxylic acids is 1. The van der Waals surface area contributed by atoms with Crippen LogP contribution in [0.5, 0.6) is 11.5 Å². The van der Waals surface area contributed by atoms with Gasteiger partial charge >= 0.3 is 5.97 Å². The molecule has 0 radical (unpaired) electrons. The highest BCUT2D eigenvalue weighted by molar-refractivity contribution is 6.04. The number of anilines is 1. The molecule has 26 heavy (non-hydrogen) atoms. The van der Waals surface area contributed by atoms with E-state index >= 15 is 0 Å². The first-order valence-corrected chi connectivity index (χ1v) is 7.88. The number of methoxy groups -OCH3 is 2. The summed E-state index contributed by atoms with van der Waals surface area (Å²) in [5.41, 5.74) is 0.738. The maximum absolute atomic E-state index is 12.2. The maximum Gasteiger partial charge on any atom is 0.343 e. The minimum atomic E-state index is -1.29. The van der Waals surface area contributed by atoms with Gasteiger partial charge in [0.25, 0.3) is 5.56 Å². The lowest BCUT2D eigenvalue weighted by atomic mass is 10.1. The number of ether oxygens (including phenoxy) is 2. The highest BCUT2D eigenvalue weighted by Gasteiger charge is 2.18. The van der Waals surface area contributed by atoms with Crippen molar-refractivity contribution in [3.8, 4) is 11.5 Å². The monoisotopic (exact) mass is 354 g/mol. The quantitative estimate of drug-likeness (QED) is 0.629. The topological polar surface area (TPSA) is 101 Å². The van der Waals surface area contributed by atoms with Gasteiger partial charge in [-0.3, -0.25) is 4.79 Å². The number of benzene rings is 2. The molecule has 134 valence electrons. The fraction of sp³-hybridized carbons (Fsp3) is 0.158. The first kappa shape index (κ1) is 17.3. The number of fused-ring (bicyclic) bond motifs is 1. The summed E-state index contributed by atoms with van der Waals surface area (Å²) in [5.74, 6) is -0.114. The second kappa shape index (κ2) is 7.18. The zero-order chi connectivity index (χ0) is 18.7. The van der Waals surface area contributed by atoms with Crippen LogP contribution in [0.3, 0.4) is 0 Å². The van der Waals surface area contributed by atoms with Gasteiger partial charge < -0.3 is 24.9 Å². The van der Waals surface area contributed by atoms with Crippen molar-refractivity contribution < 1.29 is 19.4 Å². The Balaban J connectivity index is 2.02. The highest BCUT2D eigenvalue weighted by Crippen LogP contribution is 2.29. The molecule has 0 aliphatic rings. The number of H-pyrrole nitrogens is 1. The molecule has 0 amide bonds. The van der Waals surface area contributed by atoms with E-state index < -0.39 is 11.5 Å². The Bertz CT molecular complexity index is 1030. The molecular formula is C19H18N2O5. The third-order valence-electron chi connectivity index (χ3n) is 4.05. The second-order valence-electron chi connectivity index (χ2n) is 5.60. The number of aromatic carboxylic acids is 1. The van der Waals surface area contributed by atoms with Crippen LogP contribution in [-0.2, 0) is 6.54 Å². The fourth-order valence-electron chi connectivity index (χ4n) is 2.81. The number of carbonyl (C=O) groups is 1. The number of aromatic amines is 1. The van der Waals surface area contributed by atoms with E-state index in [0.29, 0.717) is 28.9 Å². The van der Waals surface area contributed by atoms with Gasteiger partial charge in [0, 0.05) is 11.9 Å². The van der Waals surface area contributed by atoms with Crippen molar-refractivity contribution in [3.63, 3.8) is 0 Å². The third kappa shape index (κ3) is 3.19. The molecule has 3 rings (SSSR count). The number of para-hydroxylation sites is 1. The van der Waals surface area contributed by atoms with Crippen LogP contribution in [-0.4, -0.2) is 30.3 Å². The van der Waals surface area contributed by atoms with E-state index in [1.807, 2.05) is 6.07 Å². The lowest BCUT2D eigenvalue weighted by Crippen LogP contribution is -2.21. The fourth-order valence-corrected chi connectivity index (χ4v) is 2.81. The predicted octanol–water partition coefficient (Wildman–Crippen LogP) is 2.86. The van der Waals surface area contributed by atoms with Crippen molar-refractivity contribution in [3.05, 3.63) is 63.9 Å². The molecular weight excluding hydrogens is 336 g/mol. The Morgan fingerprint density at radius 1 is 1.12 bits per heavy atom. The number of carboxylic acid groups (broad SMARTS) is 1. The first-order valence-electron chi connectivity index (χ1n) is 7.88. The van der Waals surface area contributed by atoms with Crippen LogP contribution in [0, 0.1) is 0 Å². The van der Waals surface area contributed by atoms with E-state index in [1.165, 1.54) is 0 Å². The standard InChI is InChI=1S/C19H18N2O5/c1-25-14-8-7-11(9-15(14)26-2)10-20-17-12-5-3-4-6-13(12)21-18(22)16(17)19(23)24/h3-9H,10H2,1-2H3,(H,23,24)(H2,20,21,22). The Labute approximate surface area is 149 Å². The van der Waals surface area contributed by atoms with Crippen LogP contribution in [0.4, 0.5) is 5.69 Å². The molecule has 0 spiro atoms. The molecule has 7 nitrogen and oxygen atoms in total. The summed E-state index contributed by atoms with van der Waals surface area (Å²) in [6.07, 6.45) is 0. The normalized spacial score (nSPS) is 10.5. The van der Waals surface area contributed by atoms with Crippen LogP contribution in [0.15, 0.2) is 47.3 Å². The molecule has 0 fully saturated rings. The number of hydrogen-bond donors (Lipinski definition) is 3. The van der Waals surface area contributed by atoms with Gasteiger partial charge in [-0.05, 0) is 23.8 Å². The molecule has 2 aromatic carbocycles. The van der Waals surface area contributed by atoms with Crippen LogP contribution in [0.25, 0.3) is 10.9 Å². The Morgan fingerprint density at radius 2 is 1.85 bits per heavy atom. The zero-order valence-electron chi connectivity index (χ0n) is 14.3. The minimum absolute atomic E-state index is 0.284. The van der Waals surface area contributed by atoms with Gasteiger partial charge in [0.1, 0.15) is 5.56 Å². The highest BCUT2D eigenvalue weighted by atomic mass is 16.5. The Hall–Kier alpha value is -3.48. The molecule has 3 N–H and O–H groups in total. The lowest BCUT2D eigenvalue weighted by Gasteiger charge is -2.14. The van der Waals surface area contributed by atoms with Gasteiger partial charge in [-0.15, -0.1) is 0 Å². The Morgan fingerprint density at radius 3 is 2.54 bits per heavy atom. The van der Waals surface area contributed by atoms with Gasteiger partial charge in [0.15, 0.2) is 11.5 Å². The molecule has 1 heterocycles. The summed E-state index contributed by atoms with van der Waals surface area (Å²) in [4.78, 5) is 26.4. The summed E-state index contributed by atoms with van der Waals surface area (Å²) in [6, 6.07) is 12.4. The average molecular weight is 354 g/mol. The van der Waals surface area contributed by atoms with Gasteiger partial charge in [-0.1, -0.05) is 24.3 Å². The number of pyridine rings is 1. The molecule has 3 aromatic rings. The average Bonchev–Trinajstić information content (AvgIpc) is 2.65. The van der Waals surface area contributed by atoms with Crippen molar-refractivity contribution in [1.29, 1.82) is 0 Å². The van der Waals surface area contributed by atoms with Crippen molar-refractivity contribution in [2.75, 3.05) is 19.5 Å². The van der Waals surface area contributed by atoms with Gasteiger partial charge in [0.05, 0.1) is 25.4 Å². The van der Waals surface area contributed by atoms with E-state index in [4.69, 9.17) is 9.47 Å². The second-order valence-corrected chi connectivity index (χ2v) is 5.60. The Kier molecular flexibility index (Phi) is 4.79. The van der Waals surface area contributed by atoms with Crippen LogP contribution < -0.4 is 20.3 Å². The van der Waals surface area contributed by atoms with Gasteiger partial charge in [-0.2, -0.15) is 0 Å². The first-order chi connectivity index (χ1) is 12.5. The summed E-state index contributed by atoms with van der Waals surface area (Å²) in [7, 11) is 3.10. The van der Waals surface area contributed by atoms with Crippen LogP contribution >= 0.6 is 0 Å². The van der Waals surface area contributed by atoms with E-state index in [0.717, 1.165) is 5.56 Å². The molecule has 1 aromatic heterocycles. The van der Waals surface area contributed by atoms with Gasteiger partial charge in [-0.25, -0.2) is 4.79 Å². The molecule has 0 atom stereocenters. The van der Waals surface area contributed by atoms with Crippen molar-refractivity contribution in [1.82, 2.24) is 4.98 Å². The van der Waals surface area contributed by atoms with E-state index in [-0.39, 0.29) is 11.3 Å². The van der Waals surface area contributed by atoms with Crippen molar-refractivity contribution in [2.24, 2.45) is 0 Å². The molecule has 0 bridgehead atoms. The lowest BCUT2D eigenvalue weighted by molar-refractivity contribution is 0.0696. The predicted molar refractivity (Wildman–Crippen MR) is 98.4 cm³/mol. The number of rotatable bonds is 6. The summed E-state index contributed by atoms with van der Waals surface area (Å²) in [6.45, 7) is 0.314. The summed E-state index contributed by atoms with van der Waals surface area (Å²) < 4.78 is 10.5. The third-order valence-corrected chi connectivity index (χ3v) is 4.05. The molecule has 0 saturated heterocycles. The SMILES string of the molecule is COc1ccc(CNc2c(C(=O)O)c(=O)[nH]c3ccccc23)cc1OC. The molecule has 0 aliphatic heterocycles. The number of nitrogens with one attached hydrogen (secondary N) is 2. The van der Waals surface area contributed by atoms with E-state index in [1.54, 1.807) is 50.6 Å². The van der Waals surface area contributed by atoms with Crippen LogP contribution in [0.2, 0.25) is 0 Å². The van der Waals surface area contributed by atoms with E-state index in [9.17, 15) is 14.7 Å². The van der Waals surface area contributed by atoms with Gasteiger partial charge in [0.2, 0.25) is 0 Å². The smallest absolute Gasteiger partial charge is 0.343 e. The molecule has 0 aliphatic carbocycles. The van der Waals surface area contributed by atoms with E-state index in [2.05, 4.69) is 10.3 Å². The molecule has 0 saturated carbocycles. The summed E-state index contributed by atoms with van der Waals surface area (Å²) in [5, 5.41) is 13.2. The summed E-state index contributed by atoms with van der Waals surface area (Å²) >= 11 is 0. The zero-order valence-corrected chi connectivity index (χ0v) is 14.3.